The van der Waals surface area contributed by atoms with Gasteiger partial charge in [0, 0.05) is 12.3 Å². The van der Waals surface area contributed by atoms with Crippen LogP contribution >= 0.6 is 0 Å². The standard InChI is InChI=1S/C13H18FN3O2/c1-13(3-2-4-19-7-13)17-11-5-8(12(16)18)10(15)6-9(11)14/h5-6,17H,2-4,7,15H2,1H3,(H2,16,18). The van der Waals surface area contributed by atoms with Crippen LogP contribution in [-0.2, 0) is 4.74 Å². The van der Waals surface area contributed by atoms with E-state index in [4.69, 9.17) is 16.2 Å². The summed E-state index contributed by atoms with van der Waals surface area (Å²) in [6.07, 6.45) is 1.77. The van der Waals surface area contributed by atoms with Gasteiger partial charge in [-0.2, -0.15) is 0 Å². The summed E-state index contributed by atoms with van der Waals surface area (Å²) >= 11 is 0. The molecule has 6 heteroatoms. The number of benzene rings is 1. The Labute approximate surface area is 111 Å². The van der Waals surface area contributed by atoms with Crippen molar-refractivity contribution in [2.45, 2.75) is 25.3 Å². The molecule has 2 rings (SSSR count). The fraction of sp³-hybridized carbons (Fsp3) is 0.462. The van der Waals surface area contributed by atoms with Crippen LogP contribution in [0.15, 0.2) is 12.1 Å². The molecule has 0 spiro atoms. The largest absolute Gasteiger partial charge is 0.398 e. The smallest absolute Gasteiger partial charge is 0.250 e. The van der Waals surface area contributed by atoms with Crippen molar-refractivity contribution in [1.29, 1.82) is 0 Å². The highest BCUT2D eigenvalue weighted by molar-refractivity contribution is 5.99. The van der Waals surface area contributed by atoms with Crippen molar-refractivity contribution in [2.75, 3.05) is 24.3 Å². The number of carbonyl (C=O) groups is 1. The van der Waals surface area contributed by atoms with E-state index in [1.165, 1.54) is 6.07 Å². The molecule has 0 aliphatic carbocycles. The van der Waals surface area contributed by atoms with Gasteiger partial charge in [0.1, 0.15) is 5.82 Å². The van der Waals surface area contributed by atoms with Gasteiger partial charge in [-0.05, 0) is 31.9 Å². The summed E-state index contributed by atoms with van der Waals surface area (Å²) in [6.45, 7) is 3.16. The molecule has 1 amide bonds. The highest BCUT2D eigenvalue weighted by Gasteiger charge is 2.28. The van der Waals surface area contributed by atoms with E-state index in [1.54, 1.807) is 0 Å². The molecule has 1 unspecified atom stereocenters. The lowest BCUT2D eigenvalue weighted by Crippen LogP contribution is -2.43. The Bertz CT molecular complexity index is 499. The Morgan fingerprint density at radius 2 is 2.26 bits per heavy atom. The zero-order valence-corrected chi connectivity index (χ0v) is 10.8. The van der Waals surface area contributed by atoms with E-state index < -0.39 is 11.7 Å². The van der Waals surface area contributed by atoms with E-state index in [2.05, 4.69) is 5.32 Å². The summed E-state index contributed by atoms with van der Waals surface area (Å²) in [4.78, 5) is 11.2. The quantitative estimate of drug-likeness (QED) is 0.724. The molecular weight excluding hydrogens is 249 g/mol. The molecule has 1 atom stereocenters. The Kier molecular flexibility index (Phi) is 3.61. The van der Waals surface area contributed by atoms with E-state index in [0.29, 0.717) is 13.2 Å². The van der Waals surface area contributed by atoms with Gasteiger partial charge in [0.2, 0.25) is 0 Å². The third-order valence-corrected chi connectivity index (χ3v) is 3.28. The van der Waals surface area contributed by atoms with E-state index in [1.807, 2.05) is 6.92 Å². The number of ether oxygens (including phenoxy) is 1. The molecule has 0 radical (unpaired) electrons. The van der Waals surface area contributed by atoms with Crippen LogP contribution in [-0.4, -0.2) is 24.7 Å². The van der Waals surface area contributed by atoms with E-state index in [-0.39, 0.29) is 22.5 Å². The number of anilines is 2. The molecule has 104 valence electrons. The molecule has 5 nitrogen and oxygen atoms in total. The van der Waals surface area contributed by atoms with Gasteiger partial charge in [-0.3, -0.25) is 4.79 Å². The summed E-state index contributed by atoms with van der Waals surface area (Å²) in [6, 6.07) is 2.46. The number of rotatable bonds is 3. The predicted molar refractivity (Wildman–Crippen MR) is 71.4 cm³/mol. The van der Waals surface area contributed by atoms with E-state index in [0.717, 1.165) is 18.9 Å². The lowest BCUT2D eigenvalue weighted by Gasteiger charge is -2.35. The first-order chi connectivity index (χ1) is 8.91. The van der Waals surface area contributed by atoms with Gasteiger partial charge in [-0.15, -0.1) is 0 Å². The summed E-state index contributed by atoms with van der Waals surface area (Å²) in [5.74, 6) is -1.18. The molecule has 1 aliphatic heterocycles. The van der Waals surface area contributed by atoms with Crippen LogP contribution in [0.4, 0.5) is 15.8 Å². The molecule has 5 N–H and O–H groups in total. The molecule has 1 aromatic rings. The number of nitrogens with one attached hydrogen (secondary N) is 1. The van der Waals surface area contributed by atoms with Gasteiger partial charge in [-0.25, -0.2) is 4.39 Å². The van der Waals surface area contributed by atoms with Crippen LogP contribution in [0.1, 0.15) is 30.1 Å². The first-order valence-electron chi connectivity index (χ1n) is 6.16. The van der Waals surface area contributed by atoms with Crippen molar-refractivity contribution >= 4 is 17.3 Å². The van der Waals surface area contributed by atoms with Crippen LogP contribution in [0, 0.1) is 5.82 Å². The van der Waals surface area contributed by atoms with Gasteiger partial charge in [0.15, 0.2) is 0 Å². The molecule has 0 bridgehead atoms. The summed E-state index contributed by atoms with van der Waals surface area (Å²) in [7, 11) is 0. The molecule has 1 fully saturated rings. The number of hydrogen-bond acceptors (Lipinski definition) is 4. The number of nitrogen functional groups attached to an aromatic ring is 1. The van der Waals surface area contributed by atoms with Crippen LogP contribution in [0.5, 0.6) is 0 Å². The Morgan fingerprint density at radius 3 is 2.84 bits per heavy atom. The lowest BCUT2D eigenvalue weighted by atomic mass is 9.94. The van der Waals surface area contributed by atoms with Gasteiger partial charge in [0.25, 0.3) is 5.91 Å². The van der Waals surface area contributed by atoms with Gasteiger partial charge in [-0.1, -0.05) is 0 Å². The number of hydrogen-bond donors (Lipinski definition) is 3. The fourth-order valence-electron chi connectivity index (χ4n) is 2.26. The second-order valence-corrected chi connectivity index (χ2v) is 5.13. The first kappa shape index (κ1) is 13.6. The Hall–Kier alpha value is -1.82. The molecular formula is C13H18FN3O2. The molecule has 1 aromatic carbocycles. The van der Waals surface area contributed by atoms with Gasteiger partial charge in [0.05, 0.1) is 23.4 Å². The maximum Gasteiger partial charge on any atom is 0.250 e. The second kappa shape index (κ2) is 5.05. The number of nitrogens with two attached hydrogens (primary N) is 2. The SMILES string of the molecule is CC1(Nc2cc(C(N)=O)c(N)cc2F)CCCOC1. The van der Waals surface area contributed by atoms with E-state index in [9.17, 15) is 9.18 Å². The second-order valence-electron chi connectivity index (χ2n) is 5.13. The average molecular weight is 267 g/mol. The van der Waals surface area contributed by atoms with Crippen LogP contribution < -0.4 is 16.8 Å². The monoisotopic (exact) mass is 267 g/mol. The minimum Gasteiger partial charge on any atom is -0.398 e. The average Bonchev–Trinajstić information content (AvgIpc) is 2.33. The van der Waals surface area contributed by atoms with Crippen molar-refractivity contribution in [1.82, 2.24) is 0 Å². The topological polar surface area (TPSA) is 90.4 Å². The molecule has 1 heterocycles. The van der Waals surface area contributed by atoms with Crippen molar-refractivity contribution < 1.29 is 13.9 Å². The maximum absolute atomic E-state index is 13.9. The van der Waals surface area contributed by atoms with Gasteiger partial charge >= 0.3 is 0 Å². The van der Waals surface area contributed by atoms with Crippen molar-refractivity contribution in [3.8, 4) is 0 Å². The molecule has 0 aromatic heterocycles. The van der Waals surface area contributed by atoms with Crippen molar-refractivity contribution in [3.63, 3.8) is 0 Å². The fourth-order valence-corrected chi connectivity index (χ4v) is 2.26. The van der Waals surface area contributed by atoms with Crippen LogP contribution in [0.3, 0.4) is 0 Å². The maximum atomic E-state index is 13.9. The predicted octanol–water partition coefficient (Wildman–Crippen LogP) is 1.49. The highest BCUT2D eigenvalue weighted by atomic mass is 19.1. The number of halogens is 1. The van der Waals surface area contributed by atoms with Crippen molar-refractivity contribution in [2.24, 2.45) is 5.73 Å². The van der Waals surface area contributed by atoms with E-state index >= 15 is 0 Å². The minimum atomic E-state index is -0.675. The summed E-state index contributed by atoms with van der Waals surface area (Å²) in [5.41, 5.74) is 10.8. The third-order valence-electron chi connectivity index (χ3n) is 3.28. The summed E-state index contributed by atoms with van der Waals surface area (Å²) < 4.78 is 19.3. The highest BCUT2D eigenvalue weighted by Crippen LogP contribution is 2.28. The third kappa shape index (κ3) is 2.96. The van der Waals surface area contributed by atoms with Gasteiger partial charge < -0.3 is 21.5 Å². The summed E-state index contributed by atoms with van der Waals surface area (Å²) in [5, 5.41) is 3.08. The Morgan fingerprint density at radius 1 is 1.53 bits per heavy atom. The molecule has 0 saturated carbocycles. The zero-order chi connectivity index (χ0) is 14.0. The zero-order valence-electron chi connectivity index (χ0n) is 10.8. The molecule has 1 aliphatic rings. The molecule has 1 saturated heterocycles. The minimum absolute atomic E-state index is 0.0422. The normalized spacial score (nSPS) is 23.1. The lowest BCUT2D eigenvalue weighted by molar-refractivity contribution is 0.0539. The number of amides is 1. The van der Waals surface area contributed by atoms with Crippen LogP contribution in [0.25, 0.3) is 0 Å². The van der Waals surface area contributed by atoms with Crippen LogP contribution in [0.2, 0.25) is 0 Å². The number of carbonyl (C=O) groups excluding carboxylic acids is 1. The van der Waals surface area contributed by atoms with Crippen molar-refractivity contribution in [3.05, 3.63) is 23.5 Å². The molecule has 19 heavy (non-hydrogen) atoms. The first-order valence-corrected chi connectivity index (χ1v) is 6.16. The number of primary amides is 1. The Balaban J connectivity index is 2.29.